The molecule has 0 saturated heterocycles. The number of hydrogen-bond acceptors (Lipinski definition) is 2. The Morgan fingerprint density at radius 2 is 1.92 bits per heavy atom. The van der Waals surface area contributed by atoms with Crippen LogP contribution in [0.15, 0.2) is 66.2 Å². The molecule has 2 rings (SSSR count). The quantitative estimate of drug-likeness (QED) is 0.289. The van der Waals surface area contributed by atoms with Gasteiger partial charge in [0.15, 0.2) is 5.96 Å². The first-order chi connectivity index (χ1) is 11.7. The molecular weight excluding hydrogens is 432 g/mol. The maximum atomic E-state index is 13.1. The molecule has 0 bridgehead atoms. The zero-order chi connectivity index (χ0) is 17.2. The first kappa shape index (κ1) is 21.0. The van der Waals surface area contributed by atoms with Gasteiger partial charge in [-0.05, 0) is 35.4 Å². The number of nitrogens with zero attached hydrogens (tertiary/aromatic N) is 1. The Kier molecular flexibility index (Phi) is 9.61. The van der Waals surface area contributed by atoms with E-state index in [9.17, 15) is 4.39 Å². The summed E-state index contributed by atoms with van der Waals surface area (Å²) in [6.45, 7) is 5.31. The van der Waals surface area contributed by atoms with Gasteiger partial charge in [0, 0.05) is 20.1 Å². The monoisotopic (exact) mass is 455 g/mol. The minimum absolute atomic E-state index is 0. The molecule has 0 spiro atoms. The van der Waals surface area contributed by atoms with Gasteiger partial charge in [-0.2, -0.15) is 0 Å². The van der Waals surface area contributed by atoms with Crippen molar-refractivity contribution in [2.75, 3.05) is 13.6 Å². The van der Waals surface area contributed by atoms with Crippen LogP contribution in [0.4, 0.5) is 4.39 Å². The van der Waals surface area contributed by atoms with Crippen molar-refractivity contribution in [2.24, 2.45) is 4.99 Å². The first-order valence-electron chi connectivity index (χ1n) is 7.73. The average molecular weight is 455 g/mol. The van der Waals surface area contributed by atoms with Crippen molar-refractivity contribution < 1.29 is 9.13 Å². The highest BCUT2D eigenvalue weighted by Crippen LogP contribution is 2.14. The second-order valence-corrected chi connectivity index (χ2v) is 5.16. The van der Waals surface area contributed by atoms with Crippen LogP contribution in [-0.2, 0) is 13.2 Å². The number of aliphatic imine (C=N–C) groups is 1. The van der Waals surface area contributed by atoms with Gasteiger partial charge in [0.1, 0.15) is 18.2 Å². The smallest absolute Gasteiger partial charge is 0.191 e. The normalized spacial score (nSPS) is 10.6. The molecule has 0 saturated carbocycles. The van der Waals surface area contributed by atoms with Crippen LogP contribution in [0.5, 0.6) is 5.75 Å². The summed E-state index contributed by atoms with van der Waals surface area (Å²) in [5.41, 5.74) is 1.91. The van der Waals surface area contributed by atoms with Gasteiger partial charge in [0.2, 0.25) is 0 Å². The molecule has 0 aliphatic rings. The Morgan fingerprint density at radius 3 is 2.56 bits per heavy atom. The summed E-state index contributed by atoms with van der Waals surface area (Å²) in [6, 6.07) is 14.2. The molecule has 0 radical (unpaired) electrons. The number of rotatable bonds is 7. The molecule has 2 N–H and O–H groups in total. The summed E-state index contributed by atoms with van der Waals surface area (Å²) in [4.78, 5) is 4.12. The zero-order valence-electron chi connectivity index (χ0n) is 14.2. The standard InChI is InChI=1S/C19H22FN3O.HI/c1-3-11-22-19(21-2)23-13-15-7-9-18(10-8-15)24-14-16-5-4-6-17(20)12-16;/h3-10,12H,1,11,13-14H2,2H3,(H2,21,22,23);1H. The molecule has 0 fully saturated rings. The van der Waals surface area contributed by atoms with Crippen molar-refractivity contribution in [3.63, 3.8) is 0 Å². The van der Waals surface area contributed by atoms with Crippen molar-refractivity contribution in [2.45, 2.75) is 13.2 Å². The fourth-order valence-electron chi connectivity index (χ4n) is 2.07. The number of benzene rings is 2. The SMILES string of the molecule is C=CCNC(=NC)NCc1ccc(OCc2cccc(F)c2)cc1.I. The highest BCUT2D eigenvalue weighted by molar-refractivity contribution is 14.0. The Morgan fingerprint density at radius 1 is 1.16 bits per heavy atom. The molecule has 0 aliphatic carbocycles. The lowest BCUT2D eigenvalue weighted by molar-refractivity contribution is 0.305. The largest absolute Gasteiger partial charge is 0.489 e. The molecule has 0 atom stereocenters. The van der Waals surface area contributed by atoms with Crippen LogP contribution in [0.25, 0.3) is 0 Å². The van der Waals surface area contributed by atoms with Gasteiger partial charge < -0.3 is 15.4 Å². The maximum absolute atomic E-state index is 13.1. The Bertz CT molecular complexity index is 689. The predicted molar refractivity (Wildman–Crippen MR) is 111 cm³/mol. The number of ether oxygens (including phenoxy) is 1. The van der Waals surface area contributed by atoms with Gasteiger partial charge in [0.25, 0.3) is 0 Å². The molecule has 25 heavy (non-hydrogen) atoms. The molecular formula is C19H23FIN3O. The third-order valence-electron chi connectivity index (χ3n) is 3.32. The van der Waals surface area contributed by atoms with E-state index in [2.05, 4.69) is 22.2 Å². The topological polar surface area (TPSA) is 45.7 Å². The lowest BCUT2D eigenvalue weighted by atomic mass is 10.2. The number of hydrogen-bond donors (Lipinski definition) is 2. The second-order valence-electron chi connectivity index (χ2n) is 5.16. The van der Waals surface area contributed by atoms with Crippen molar-refractivity contribution in [1.29, 1.82) is 0 Å². The molecule has 0 amide bonds. The van der Waals surface area contributed by atoms with Crippen LogP contribution >= 0.6 is 24.0 Å². The summed E-state index contributed by atoms with van der Waals surface area (Å²) in [6.07, 6.45) is 1.78. The Labute approximate surface area is 165 Å². The number of guanidine groups is 1. The molecule has 0 aliphatic heterocycles. The van der Waals surface area contributed by atoms with Crippen molar-refractivity contribution in [3.05, 3.63) is 78.1 Å². The van der Waals surface area contributed by atoms with E-state index >= 15 is 0 Å². The Balaban J connectivity index is 0.00000312. The van der Waals surface area contributed by atoms with Gasteiger partial charge in [-0.15, -0.1) is 30.6 Å². The lowest BCUT2D eigenvalue weighted by Crippen LogP contribution is -2.36. The highest BCUT2D eigenvalue weighted by Gasteiger charge is 2.00. The van der Waals surface area contributed by atoms with Crippen LogP contribution in [-0.4, -0.2) is 19.6 Å². The second kappa shape index (κ2) is 11.5. The van der Waals surface area contributed by atoms with E-state index in [0.717, 1.165) is 22.8 Å². The number of nitrogens with one attached hydrogen (secondary N) is 2. The van der Waals surface area contributed by atoms with Gasteiger partial charge in [-0.3, -0.25) is 4.99 Å². The highest BCUT2D eigenvalue weighted by atomic mass is 127. The van der Waals surface area contributed by atoms with Crippen LogP contribution in [0.2, 0.25) is 0 Å². The van der Waals surface area contributed by atoms with Crippen LogP contribution in [0, 0.1) is 5.82 Å². The Hall–Kier alpha value is -2.09. The maximum Gasteiger partial charge on any atom is 0.191 e. The zero-order valence-corrected chi connectivity index (χ0v) is 16.5. The van der Waals surface area contributed by atoms with Crippen molar-refractivity contribution in [1.82, 2.24) is 10.6 Å². The average Bonchev–Trinajstić information content (AvgIpc) is 2.61. The molecule has 0 aromatic heterocycles. The number of halogens is 2. The molecule has 0 heterocycles. The summed E-state index contributed by atoms with van der Waals surface area (Å²) < 4.78 is 18.8. The summed E-state index contributed by atoms with van der Waals surface area (Å²) in [5, 5.41) is 6.32. The lowest BCUT2D eigenvalue weighted by Gasteiger charge is -2.11. The minimum Gasteiger partial charge on any atom is -0.489 e. The van der Waals surface area contributed by atoms with Crippen LogP contribution in [0.3, 0.4) is 0 Å². The molecule has 2 aromatic rings. The predicted octanol–water partition coefficient (Wildman–Crippen LogP) is 3.87. The van der Waals surface area contributed by atoms with Gasteiger partial charge >= 0.3 is 0 Å². The molecule has 0 unspecified atom stereocenters. The molecule has 6 heteroatoms. The van der Waals surface area contributed by atoms with Crippen molar-refractivity contribution in [3.8, 4) is 5.75 Å². The van der Waals surface area contributed by atoms with E-state index in [1.165, 1.54) is 12.1 Å². The summed E-state index contributed by atoms with van der Waals surface area (Å²) in [5.74, 6) is 1.22. The third-order valence-corrected chi connectivity index (χ3v) is 3.32. The molecule has 2 aromatic carbocycles. The third kappa shape index (κ3) is 7.55. The molecule has 4 nitrogen and oxygen atoms in total. The van der Waals surface area contributed by atoms with Gasteiger partial charge in [0.05, 0.1) is 0 Å². The van der Waals surface area contributed by atoms with E-state index in [1.54, 1.807) is 19.2 Å². The van der Waals surface area contributed by atoms with Crippen LogP contribution in [0.1, 0.15) is 11.1 Å². The van der Waals surface area contributed by atoms with E-state index in [1.807, 2.05) is 30.3 Å². The van der Waals surface area contributed by atoms with Gasteiger partial charge in [-0.25, -0.2) is 4.39 Å². The minimum atomic E-state index is -0.254. The first-order valence-corrected chi connectivity index (χ1v) is 7.73. The summed E-state index contributed by atoms with van der Waals surface area (Å²) in [7, 11) is 1.72. The van der Waals surface area contributed by atoms with Crippen LogP contribution < -0.4 is 15.4 Å². The van der Waals surface area contributed by atoms with E-state index in [0.29, 0.717) is 19.7 Å². The molecule has 134 valence electrons. The fraction of sp³-hybridized carbons (Fsp3) is 0.211. The fourth-order valence-corrected chi connectivity index (χ4v) is 2.07. The van der Waals surface area contributed by atoms with E-state index in [-0.39, 0.29) is 29.8 Å². The van der Waals surface area contributed by atoms with E-state index < -0.39 is 0 Å². The van der Waals surface area contributed by atoms with Crippen molar-refractivity contribution >= 4 is 29.9 Å². The van der Waals surface area contributed by atoms with E-state index in [4.69, 9.17) is 4.74 Å². The van der Waals surface area contributed by atoms with Gasteiger partial charge in [-0.1, -0.05) is 30.3 Å². The summed E-state index contributed by atoms with van der Waals surface area (Å²) >= 11 is 0.